The number of nitrogen functional groups attached to an aromatic ring is 1. The first-order valence-corrected chi connectivity index (χ1v) is 7.14. The Morgan fingerprint density at radius 1 is 1.33 bits per heavy atom. The molecule has 2 aromatic rings. The number of hydrogen-bond donors (Lipinski definition) is 1. The molecule has 0 radical (unpaired) electrons. The molecular weight excluding hydrogens is 286 g/mol. The van der Waals surface area contributed by atoms with Crippen molar-refractivity contribution in [2.24, 2.45) is 0 Å². The van der Waals surface area contributed by atoms with E-state index in [4.69, 9.17) is 17.3 Å². The molecular formula is C16H18ClN3O. The Hall–Kier alpha value is -2.07. The minimum Gasteiger partial charge on any atom is -0.384 e. The normalized spacial score (nSPS) is 10.4. The molecule has 0 saturated carbocycles. The summed E-state index contributed by atoms with van der Waals surface area (Å²) in [6.07, 6.45) is 0.736. The van der Waals surface area contributed by atoms with Crippen LogP contribution in [0.1, 0.15) is 28.5 Å². The Kier molecular flexibility index (Phi) is 4.81. The number of aryl methyl sites for hydroxylation is 1. The molecule has 110 valence electrons. The summed E-state index contributed by atoms with van der Waals surface area (Å²) >= 11 is 6.12. The topological polar surface area (TPSA) is 59.2 Å². The molecule has 0 atom stereocenters. The fourth-order valence-electron chi connectivity index (χ4n) is 2.09. The van der Waals surface area contributed by atoms with Crippen LogP contribution >= 0.6 is 11.6 Å². The van der Waals surface area contributed by atoms with Gasteiger partial charge in [0.05, 0.1) is 0 Å². The molecule has 0 unspecified atom stereocenters. The molecule has 0 fully saturated rings. The quantitative estimate of drug-likeness (QED) is 0.944. The summed E-state index contributed by atoms with van der Waals surface area (Å²) in [5.74, 6) is 0.266. The van der Waals surface area contributed by atoms with Crippen molar-refractivity contribution < 1.29 is 4.79 Å². The summed E-state index contributed by atoms with van der Waals surface area (Å²) in [5.41, 5.74) is 8.02. The van der Waals surface area contributed by atoms with Gasteiger partial charge in [0.25, 0.3) is 5.91 Å². The number of rotatable bonds is 4. The zero-order chi connectivity index (χ0) is 15.4. The van der Waals surface area contributed by atoms with Crippen LogP contribution in [-0.4, -0.2) is 22.8 Å². The second-order valence-corrected chi connectivity index (χ2v) is 5.29. The third-order valence-corrected chi connectivity index (χ3v) is 3.59. The van der Waals surface area contributed by atoms with Crippen molar-refractivity contribution in [3.8, 4) is 0 Å². The maximum Gasteiger partial charge on any atom is 0.254 e. The predicted molar refractivity (Wildman–Crippen MR) is 85.3 cm³/mol. The maximum atomic E-state index is 12.5. The SMILES string of the molecule is CCc1cc(C(=O)N(C)Cc2ccccc2Cl)cc(N)n1. The van der Waals surface area contributed by atoms with Crippen molar-refractivity contribution in [3.05, 3.63) is 58.2 Å². The molecule has 21 heavy (non-hydrogen) atoms. The van der Waals surface area contributed by atoms with E-state index in [-0.39, 0.29) is 5.91 Å². The fraction of sp³-hybridized carbons (Fsp3) is 0.250. The van der Waals surface area contributed by atoms with Crippen LogP contribution in [0.15, 0.2) is 36.4 Å². The molecule has 0 aliphatic heterocycles. The predicted octanol–water partition coefficient (Wildman–Crippen LogP) is 3.15. The number of halogens is 1. The highest BCUT2D eigenvalue weighted by molar-refractivity contribution is 6.31. The minimum absolute atomic E-state index is 0.0984. The van der Waals surface area contributed by atoms with Crippen molar-refractivity contribution in [3.63, 3.8) is 0 Å². The van der Waals surface area contributed by atoms with Crippen LogP contribution in [0.4, 0.5) is 5.82 Å². The van der Waals surface area contributed by atoms with Gasteiger partial charge in [-0.3, -0.25) is 4.79 Å². The summed E-state index contributed by atoms with van der Waals surface area (Å²) in [6, 6.07) is 10.9. The van der Waals surface area contributed by atoms with Crippen LogP contribution in [0, 0.1) is 0 Å². The van der Waals surface area contributed by atoms with Gasteiger partial charge in [0, 0.05) is 29.9 Å². The minimum atomic E-state index is -0.0984. The smallest absolute Gasteiger partial charge is 0.254 e. The number of carbonyl (C=O) groups is 1. The van der Waals surface area contributed by atoms with Gasteiger partial charge in [0.1, 0.15) is 5.82 Å². The van der Waals surface area contributed by atoms with Crippen molar-refractivity contribution in [1.82, 2.24) is 9.88 Å². The third-order valence-electron chi connectivity index (χ3n) is 3.22. The molecule has 0 bridgehead atoms. The lowest BCUT2D eigenvalue weighted by Gasteiger charge is -2.18. The number of nitrogens with two attached hydrogens (primary N) is 1. The Morgan fingerprint density at radius 3 is 2.71 bits per heavy atom. The van der Waals surface area contributed by atoms with Crippen molar-refractivity contribution in [1.29, 1.82) is 0 Å². The summed E-state index contributed by atoms with van der Waals surface area (Å²) in [4.78, 5) is 18.3. The Morgan fingerprint density at radius 2 is 2.05 bits per heavy atom. The largest absolute Gasteiger partial charge is 0.384 e. The van der Waals surface area contributed by atoms with E-state index in [0.717, 1.165) is 17.7 Å². The first kappa shape index (κ1) is 15.3. The van der Waals surface area contributed by atoms with Crippen LogP contribution in [0.5, 0.6) is 0 Å². The molecule has 4 nitrogen and oxygen atoms in total. The molecule has 0 aliphatic rings. The zero-order valence-electron chi connectivity index (χ0n) is 12.1. The van der Waals surface area contributed by atoms with E-state index >= 15 is 0 Å². The summed E-state index contributed by atoms with van der Waals surface area (Å²) in [6.45, 7) is 2.42. The monoisotopic (exact) mass is 303 g/mol. The first-order valence-electron chi connectivity index (χ1n) is 6.76. The summed E-state index contributed by atoms with van der Waals surface area (Å²) in [5, 5.41) is 0.653. The second-order valence-electron chi connectivity index (χ2n) is 4.88. The van der Waals surface area contributed by atoms with Crippen LogP contribution in [-0.2, 0) is 13.0 Å². The van der Waals surface area contributed by atoms with Gasteiger partial charge in [-0.25, -0.2) is 4.98 Å². The Balaban J connectivity index is 2.20. The summed E-state index contributed by atoms with van der Waals surface area (Å²) in [7, 11) is 1.74. The van der Waals surface area contributed by atoms with E-state index in [1.807, 2.05) is 31.2 Å². The lowest BCUT2D eigenvalue weighted by molar-refractivity contribution is 0.0785. The van der Waals surface area contributed by atoms with Gasteiger partial charge in [-0.1, -0.05) is 36.7 Å². The van der Waals surface area contributed by atoms with Crippen molar-refractivity contribution in [2.45, 2.75) is 19.9 Å². The average molecular weight is 304 g/mol. The Labute approximate surface area is 129 Å². The number of carbonyl (C=O) groups excluding carboxylic acids is 1. The van der Waals surface area contributed by atoms with Crippen molar-refractivity contribution in [2.75, 3.05) is 12.8 Å². The lowest BCUT2D eigenvalue weighted by Crippen LogP contribution is -2.26. The van der Waals surface area contributed by atoms with Crippen LogP contribution in [0.2, 0.25) is 5.02 Å². The molecule has 0 aliphatic carbocycles. The zero-order valence-corrected chi connectivity index (χ0v) is 12.9. The van der Waals surface area contributed by atoms with Gasteiger partial charge in [-0.15, -0.1) is 0 Å². The third kappa shape index (κ3) is 3.73. The van der Waals surface area contributed by atoms with E-state index in [0.29, 0.717) is 22.9 Å². The van der Waals surface area contributed by atoms with Gasteiger partial charge >= 0.3 is 0 Å². The average Bonchev–Trinajstić information content (AvgIpc) is 2.48. The molecule has 1 heterocycles. The number of pyridine rings is 1. The molecule has 1 aromatic carbocycles. The van der Waals surface area contributed by atoms with E-state index in [2.05, 4.69) is 4.98 Å². The fourth-order valence-corrected chi connectivity index (χ4v) is 2.29. The standard InChI is InChI=1S/C16H18ClN3O/c1-3-13-8-12(9-15(18)19-13)16(21)20(2)10-11-6-4-5-7-14(11)17/h4-9H,3,10H2,1-2H3,(H2,18,19). The van der Waals surface area contributed by atoms with Crippen LogP contribution in [0.3, 0.4) is 0 Å². The molecule has 0 saturated heterocycles. The molecule has 1 amide bonds. The lowest BCUT2D eigenvalue weighted by atomic mass is 10.1. The number of nitrogens with zero attached hydrogens (tertiary/aromatic N) is 2. The first-order chi connectivity index (χ1) is 10.0. The van der Waals surface area contributed by atoms with Crippen LogP contribution in [0.25, 0.3) is 0 Å². The highest BCUT2D eigenvalue weighted by Crippen LogP contribution is 2.18. The molecule has 5 heteroatoms. The summed E-state index contributed by atoms with van der Waals surface area (Å²) < 4.78 is 0. The highest BCUT2D eigenvalue weighted by atomic mass is 35.5. The second kappa shape index (κ2) is 6.59. The van der Waals surface area contributed by atoms with Gasteiger partial charge in [-0.2, -0.15) is 0 Å². The number of hydrogen-bond acceptors (Lipinski definition) is 3. The van der Waals surface area contributed by atoms with Crippen LogP contribution < -0.4 is 5.73 Å². The molecule has 2 N–H and O–H groups in total. The van der Waals surface area contributed by atoms with E-state index < -0.39 is 0 Å². The van der Waals surface area contributed by atoms with Gasteiger partial charge in [0.15, 0.2) is 0 Å². The number of anilines is 1. The van der Waals surface area contributed by atoms with E-state index in [9.17, 15) is 4.79 Å². The van der Waals surface area contributed by atoms with E-state index in [1.54, 1.807) is 24.1 Å². The van der Waals surface area contributed by atoms with Crippen molar-refractivity contribution >= 4 is 23.3 Å². The number of amides is 1. The van der Waals surface area contributed by atoms with E-state index in [1.165, 1.54) is 0 Å². The van der Waals surface area contributed by atoms with Gasteiger partial charge in [-0.05, 0) is 30.2 Å². The van der Waals surface area contributed by atoms with Gasteiger partial charge < -0.3 is 10.6 Å². The molecule has 2 rings (SSSR count). The van der Waals surface area contributed by atoms with Gasteiger partial charge in [0.2, 0.25) is 0 Å². The highest BCUT2D eigenvalue weighted by Gasteiger charge is 2.14. The maximum absolute atomic E-state index is 12.5. The number of benzene rings is 1. The molecule has 1 aromatic heterocycles. The number of aromatic nitrogens is 1. The molecule has 0 spiro atoms. The Bertz CT molecular complexity index is 658.